The van der Waals surface area contributed by atoms with Crippen LogP contribution < -0.4 is 11.1 Å². The second kappa shape index (κ2) is 14.0. The van der Waals surface area contributed by atoms with Gasteiger partial charge in [-0.2, -0.15) is 0 Å². The summed E-state index contributed by atoms with van der Waals surface area (Å²) in [5.74, 6) is 0.137. The van der Waals surface area contributed by atoms with Crippen molar-refractivity contribution in [3.05, 3.63) is 0 Å². The maximum absolute atomic E-state index is 10.7. The molecule has 0 fully saturated rings. The summed E-state index contributed by atoms with van der Waals surface area (Å²) in [4.78, 5) is 10.7. The van der Waals surface area contributed by atoms with Gasteiger partial charge in [0.25, 0.3) is 0 Å². The van der Waals surface area contributed by atoms with Crippen LogP contribution >= 0.6 is 0 Å². The maximum Gasteiger partial charge on any atom is 0.219 e. The van der Waals surface area contributed by atoms with Crippen molar-refractivity contribution in [1.82, 2.24) is 5.32 Å². The summed E-state index contributed by atoms with van der Waals surface area (Å²) >= 11 is 0. The van der Waals surface area contributed by atoms with Crippen molar-refractivity contribution in [3.8, 4) is 0 Å². The lowest BCUT2D eigenvalue weighted by Crippen LogP contribution is -2.23. The maximum atomic E-state index is 10.7. The van der Waals surface area contributed by atoms with Gasteiger partial charge in [0.15, 0.2) is 0 Å². The van der Waals surface area contributed by atoms with E-state index in [1.54, 1.807) is 0 Å². The van der Waals surface area contributed by atoms with E-state index in [1.165, 1.54) is 0 Å². The minimum absolute atomic E-state index is 0.137. The minimum Gasteiger partial charge on any atom is -0.356 e. The summed E-state index contributed by atoms with van der Waals surface area (Å²) in [6.07, 6.45) is 3.79. The molecule has 3 nitrogen and oxygen atoms in total. The molecule has 0 aromatic rings. The van der Waals surface area contributed by atoms with Gasteiger partial charge in [-0.1, -0.05) is 27.2 Å². The highest BCUT2D eigenvalue weighted by Gasteiger charge is 1.93. The Balaban J connectivity index is 0. The first-order valence-electron chi connectivity index (χ1n) is 5.28. The first kappa shape index (κ1) is 14.9. The molecule has 1 amide bonds. The van der Waals surface area contributed by atoms with Crippen molar-refractivity contribution in [2.75, 3.05) is 13.1 Å². The van der Waals surface area contributed by atoms with Crippen LogP contribution in [0.2, 0.25) is 0 Å². The van der Waals surface area contributed by atoms with Gasteiger partial charge >= 0.3 is 0 Å². The number of hydrogen-bond donors (Lipinski definition) is 2. The molecule has 13 heavy (non-hydrogen) atoms. The van der Waals surface area contributed by atoms with Gasteiger partial charge in [-0.15, -0.1) is 0 Å². The third-order valence-corrected chi connectivity index (χ3v) is 1.52. The molecule has 0 atom stereocenters. The summed E-state index contributed by atoms with van der Waals surface area (Å²) in [5.41, 5.74) is 5.31. The van der Waals surface area contributed by atoms with Crippen LogP contribution in [0, 0.1) is 0 Å². The fourth-order valence-electron chi connectivity index (χ4n) is 0.799. The van der Waals surface area contributed by atoms with Crippen LogP contribution in [0.25, 0.3) is 0 Å². The van der Waals surface area contributed by atoms with Gasteiger partial charge in [0, 0.05) is 13.0 Å². The molecule has 0 bridgehead atoms. The van der Waals surface area contributed by atoms with E-state index in [0.717, 1.165) is 32.4 Å². The number of rotatable bonds is 6. The second-order valence-corrected chi connectivity index (χ2v) is 2.55. The monoisotopic (exact) mass is 188 g/mol. The van der Waals surface area contributed by atoms with Crippen LogP contribution in [0.5, 0.6) is 0 Å². The molecule has 0 heterocycles. The molecule has 0 aliphatic rings. The number of carbonyl (C=O) groups is 1. The topological polar surface area (TPSA) is 55.1 Å². The Bertz CT molecular complexity index is 105. The van der Waals surface area contributed by atoms with Crippen LogP contribution in [0.3, 0.4) is 0 Å². The quantitative estimate of drug-likeness (QED) is 0.623. The number of carbonyl (C=O) groups excluding carboxylic acids is 1. The number of nitrogens with two attached hydrogens (primary N) is 1. The van der Waals surface area contributed by atoms with Gasteiger partial charge in [0.05, 0.1) is 0 Å². The fourth-order valence-corrected chi connectivity index (χ4v) is 0.799. The van der Waals surface area contributed by atoms with Crippen molar-refractivity contribution in [3.63, 3.8) is 0 Å². The van der Waals surface area contributed by atoms with Crippen LogP contribution in [0.15, 0.2) is 0 Å². The normalized spacial score (nSPS) is 8.62. The van der Waals surface area contributed by atoms with Gasteiger partial charge in [-0.25, -0.2) is 0 Å². The van der Waals surface area contributed by atoms with Crippen molar-refractivity contribution in [2.45, 2.75) is 46.5 Å². The molecule has 0 rings (SSSR count). The highest BCUT2D eigenvalue weighted by atomic mass is 16.1. The summed E-state index contributed by atoms with van der Waals surface area (Å²) < 4.78 is 0. The van der Waals surface area contributed by atoms with Crippen molar-refractivity contribution in [2.24, 2.45) is 5.73 Å². The highest BCUT2D eigenvalue weighted by molar-refractivity contribution is 5.75. The van der Waals surface area contributed by atoms with E-state index in [0.29, 0.717) is 6.42 Å². The first-order valence-corrected chi connectivity index (χ1v) is 5.28. The Morgan fingerprint density at radius 2 is 1.85 bits per heavy atom. The lowest BCUT2D eigenvalue weighted by atomic mass is 10.2. The van der Waals surface area contributed by atoms with Crippen LogP contribution in [0.1, 0.15) is 46.5 Å². The van der Waals surface area contributed by atoms with Crippen molar-refractivity contribution >= 4 is 5.91 Å². The van der Waals surface area contributed by atoms with Crippen molar-refractivity contribution in [1.29, 1.82) is 0 Å². The standard InChI is InChI=1S/C8H18N2O.C2H6/c1-2-8(11)10-7-5-3-4-6-9;1-2/h2-7,9H2,1H3,(H,10,11);1-2H3. The Kier molecular flexibility index (Phi) is 16.1. The number of amides is 1. The van der Waals surface area contributed by atoms with E-state index in [4.69, 9.17) is 5.73 Å². The van der Waals surface area contributed by atoms with Gasteiger partial charge in [0.2, 0.25) is 5.91 Å². The molecule has 3 N–H and O–H groups in total. The molecule has 0 aromatic heterocycles. The number of nitrogens with one attached hydrogen (secondary N) is 1. The molecule has 0 unspecified atom stereocenters. The third-order valence-electron chi connectivity index (χ3n) is 1.52. The van der Waals surface area contributed by atoms with E-state index in [2.05, 4.69) is 5.32 Å². The van der Waals surface area contributed by atoms with Crippen LogP contribution in [-0.4, -0.2) is 19.0 Å². The van der Waals surface area contributed by atoms with Gasteiger partial charge in [0.1, 0.15) is 0 Å². The zero-order valence-electron chi connectivity index (χ0n) is 9.23. The average Bonchev–Trinajstić information content (AvgIpc) is 2.20. The summed E-state index contributed by atoms with van der Waals surface area (Å²) in [5, 5.41) is 2.81. The van der Waals surface area contributed by atoms with Crippen LogP contribution in [0.4, 0.5) is 0 Å². The average molecular weight is 188 g/mol. The third kappa shape index (κ3) is 14.3. The molecule has 80 valence electrons. The number of hydrogen-bond acceptors (Lipinski definition) is 2. The van der Waals surface area contributed by atoms with E-state index < -0.39 is 0 Å². The Labute approximate surface area is 82.1 Å². The predicted molar refractivity (Wildman–Crippen MR) is 57.6 cm³/mol. The minimum atomic E-state index is 0.137. The molecule has 3 heteroatoms. The SMILES string of the molecule is CC.CCC(=O)NCCCCCN. The van der Waals surface area contributed by atoms with Crippen molar-refractivity contribution < 1.29 is 4.79 Å². The predicted octanol–water partition coefficient (Wildman–Crippen LogP) is 1.67. The fraction of sp³-hybridized carbons (Fsp3) is 0.900. The van der Waals surface area contributed by atoms with E-state index >= 15 is 0 Å². The lowest BCUT2D eigenvalue weighted by molar-refractivity contribution is -0.120. The summed E-state index contributed by atoms with van der Waals surface area (Å²) in [6, 6.07) is 0. The second-order valence-electron chi connectivity index (χ2n) is 2.55. The zero-order valence-corrected chi connectivity index (χ0v) is 9.23. The van der Waals surface area contributed by atoms with Gasteiger partial charge in [-0.3, -0.25) is 4.79 Å². The zero-order chi connectivity index (χ0) is 10.5. The highest BCUT2D eigenvalue weighted by Crippen LogP contribution is 1.90. The molecule has 0 saturated carbocycles. The molecule has 0 saturated heterocycles. The molecule has 0 aliphatic carbocycles. The Morgan fingerprint density at radius 3 is 2.31 bits per heavy atom. The Hall–Kier alpha value is -0.570. The molecule has 0 radical (unpaired) electrons. The van der Waals surface area contributed by atoms with Gasteiger partial charge in [-0.05, 0) is 19.4 Å². The van der Waals surface area contributed by atoms with E-state index in [-0.39, 0.29) is 5.91 Å². The smallest absolute Gasteiger partial charge is 0.219 e. The molecule has 0 aromatic carbocycles. The van der Waals surface area contributed by atoms with Gasteiger partial charge < -0.3 is 11.1 Å². The lowest BCUT2D eigenvalue weighted by Gasteiger charge is -2.01. The largest absolute Gasteiger partial charge is 0.356 e. The molecule has 0 aliphatic heterocycles. The number of unbranched alkanes of at least 4 members (excludes halogenated alkanes) is 2. The van der Waals surface area contributed by atoms with E-state index in [1.807, 2.05) is 20.8 Å². The summed E-state index contributed by atoms with van der Waals surface area (Å²) in [6.45, 7) is 7.41. The van der Waals surface area contributed by atoms with E-state index in [9.17, 15) is 4.79 Å². The molecular formula is C10H24N2O. The molecule has 0 spiro atoms. The first-order chi connectivity index (χ1) is 6.31. The Morgan fingerprint density at radius 1 is 1.23 bits per heavy atom. The summed E-state index contributed by atoms with van der Waals surface area (Å²) in [7, 11) is 0. The van der Waals surface area contributed by atoms with Crippen LogP contribution in [-0.2, 0) is 4.79 Å². The molecular weight excluding hydrogens is 164 g/mol.